The van der Waals surface area contributed by atoms with Crippen molar-refractivity contribution in [3.05, 3.63) is 83.9 Å². The minimum atomic E-state index is -0.255. The summed E-state index contributed by atoms with van der Waals surface area (Å²) in [5.41, 5.74) is 2.47. The molecule has 0 aliphatic carbocycles. The summed E-state index contributed by atoms with van der Waals surface area (Å²) in [6.45, 7) is 0.500. The Morgan fingerprint density at radius 3 is 2.65 bits per heavy atom. The van der Waals surface area contributed by atoms with Gasteiger partial charge in [0.25, 0.3) is 5.91 Å². The highest BCUT2D eigenvalue weighted by Crippen LogP contribution is 2.26. The fourth-order valence-corrected chi connectivity index (χ4v) is 3.67. The zero-order valence-electron chi connectivity index (χ0n) is 13.9. The fraction of sp³-hybridized carbons (Fsp3) is 0.100. The third-order valence-corrected chi connectivity index (χ3v) is 5.11. The molecule has 0 saturated carbocycles. The highest BCUT2D eigenvalue weighted by Gasteiger charge is 2.10. The van der Waals surface area contributed by atoms with Crippen LogP contribution in [-0.4, -0.2) is 22.0 Å². The van der Waals surface area contributed by atoms with Gasteiger partial charge in [0.1, 0.15) is 5.82 Å². The molecule has 2 aromatic heterocycles. The van der Waals surface area contributed by atoms with Crippen LogP contribution in [0.5, 0.6) is 0 Å². The van der Waals surface area contributed by atoms with Crippen molar-refractivity contribution in [3.8, 4) is 5.13 Å². The van der Waals surface area contributed by atoms with Crippen LogP contribution in [0.3, 0.4) is 0 Å². The van der Waals surface area contributed by atoms with E-state index in [0.717, 1.165) is 20.9 Å². The number of hydrogen-bond donors (Lipinski definition) is 1. The van der Waals surface area contributed by atoms with Gasteiger partial charge in [-0.2, -0.15) is 0 Å². The van der Waals surface area contributed by atoms with Crippen LogP contribution in [0.2, 0.25) is 0 Å². The Bertz CT molecular complexity index is 1040. The number of carbonyl (C=O) groups is 1. The summed E-state index contributed by atoms with van der Waals surface area (Å²) in [7, 11) is 0. The van der Waals surface area contributed by atoms with Gasteiger partial charge in [-0.1, -0.05) is 23.5 Å². The molecule has 0 fully saturated rings. The first-order valence-corrected chi connectivity index (χ1v) is 9.07. The summed E-state index contributed by atoms with van der Waals surface area (Å²) in [6, 6.07) is 15.7. The Kier molecular flexibility index (Phi) is 4.50. The van der Waals surface area contributed by atoms with E-state index >= 15 is 0 Å². The molecule has 2 aromatic carbocycles. The average Bonchev–Trinajstić information content (AvgIpc) is 3.32. The molecule has 0 aliphatic heterocycles. The molecule has 4 rings (SSSR count). The molecular weight excluding hydrogens is 349 g/mol. The first-order valence-electron chi connectivity index (χ1n) is 8.26. The zero-order chi connectivity index (χ0) is 17.9. The molecule has 26 heavy (non-hydrogen) atoms. The van der Waals surface area contributed by atoms with Gasteiger partial charge in [-0.3, -0.25) is 4.79 Å². The molecular formula is C20H16FN3OS. The quantitative estimate of drug-likeness (QED) is 0.576. The number of hydrogen-bond acceptors (Lipinski definition) is 3. The number of fused-ring (bicyclic) bond motifs is 1. The van der Waals surface area contributed by atoms with Crippen molar-refractivity contribution in [1.29, 1.82) is 0 Å². The maximum atomic E-state index is 12.9. The lowest BCUT2D eigenvalue weighted by atomic mass is 10.1. The molecule has 2 heterocycles. The first-order chi connectivity index (χ1) is 12.7. The Balaban J connectivity index is 1.44. The highest BCUT2D eigenvalue weighted by atomic mass is 32.1. The monoisotopic (exact) mass is 365 g/mol. The maximum absolute atomic E-state index is 12.9. The number of nitrogens with one attached hydrogen (secondary N) is 1. The standard InChI is InChI=1S/C20H16FN3OS/c21-16-6-3-14(4-7-16)9-10-22-19(25)15-5-8-17-18(13-15)26-20(23-17)24-11-1-2-12-24/h1-8,11-13H,9-10H2,(H,22,25). The van der Waals surface area contributed by atoms with Crippen molar-refractivity contribution >= 4 is 27.5 Å². The second-order valence-electron chi connectivity index (χ2n) is 5.90. The average molecular weight is 365 g/mol. The van der Waals surface area contributed by atoms with Gasteiger partial charge in [-0.15, -0.1) is 0 Å². The molecule has 0 radical (unpaired) electrons. The highest BCUT2D eigenvalue weighted by molar-refractivity contribution is 7.20. The second kappa shape index (κ2) is 7.09. The maximum Gasteiger partial charge on any atom is 0.251 e. The van der Waals surface area contributed by atoms with Crippen molar-refractivity contribution in [2.45, 2.75) is 6.42 Å². The van der Waals surface area contributed by atoms with Crippen LogP contribution >= 0.6 is 11.3 Å². The molecule has 0 atom stereocenters. The van der Waals surface area contributed by atoms with E-state index in [-0.39, 0.29) is 11.7 Å². The van der Waals surface area contributed by atoms with E-state index in [2.05, 4.69) is 10.3 Å². The van der Waals surface area contributed by atoms with Gasteiger partial charge in [-0.25, -0.2) is 9.37 Å². The van der Waals surface area contributed by atoms with Crippen molar-refractivity contribution in [3.63, 3.8) is 0 Å². The largest absolute Gasteiger partial charge is 0.352 e. The van der Waals surface area contributed by atoms with Crippen molar-refractivity contribution < 1.29 is 9.18 Å². The zero-order valence-corrected chi connectivity index (χ0v) is 14.7. The van der Waals surface area contributed by atoms with Crippen LogP contribution < -0.4 is 5.32 Å². The van der Waals surface area contributed by atoms with Crippen molar-refractivity contribution in [1.82, 2.24) is 14.9 Å². The van der Waals surface area contributed by atoms with E-state index in [1.807, 2.05) is 41.2 Å². The van der Waals surface area contributed by atoms with E-state index in [0.29, 0.717) is 18.5 Å². The lowest BCUT2D eigenvalue weighted by molar-refractivity contribution is 0.0954. The Labute approximate surface area is 153 Å². The minimum Gasteiger partial charge on any atom is -0.352 e. The third kappa shape index (κ3) is 3.50. The van der Waals surface area contributed by atoms with Gasteiger partial charge in [0.05, 0.1) is 10.2 Å². The molecule has 0 spiro atoms. The predicted molar refractivity (Wildman–Crippen MR) is 101 cm³/mol. The number of carbonyl (C=O) groups excluding carboxylic acids is 1. The number of nitrogens with zero attached hydrogens (tertiary/aromatic N) is 2. The molecule has 0 saturated heterocycles. The molecule has 0 bridgehead atoms. The number of thiazole rings is 1. The Morgan fingerprint density at radius 2 is 1.88 bits per heavy atom. The van der Waals surface area contributed by atoms with Crippen LogP contribution in [0.25, 0.3) is 15.3 Å². The smallest absolute Gasteiger partial charge is 0.251 e. The van der Waals surface area contributed by atoms with Gasteiger partial charge in [0, 0.05) is 24.5 Å². The van der Waals surface area contributed by atoms with Gasteiger partial charge < -0.3 is 9.88 Å². The summed E-state index contributed by atoms with van der Waals surface area (Å²) < 4.78 is 15.8. The van der Waals surface area contributed by atoms with Crippen molar-refractivity contribution in [2.24, 2.45) is 0 Å². The molecule has 4 aromatic rings. The van der Waals surface area contributed by atoms with Crippen LogP contribution in [0.4, 0.5) is 4.39 Å². The summed E-state index contributed by atoms with van der Waals surface area (Å²) in [5.74, 6) is -0.375. The Morgan fingerprint density at radius 1 is 1.12 bits per heavy atom. The van der Waals surface area contributed by atoms with Gasteiger partial charge >= 0.3 is 0 Å². The first kappa shape index (κ1) is 16.5. The Hall–Kier alpha value is -2.99. The summed E-state index contributed by atoms with van der Waals surface area (Å²) >= 11 is 1.54. The van der Waals surface area contributed by atoms with Crippen molar-refractivity contribution in [2.75, 3.05) is 6.54 Å². The lowest BCUT2D eigenvalue weighted by Crippen LogP contribution is -2.25. The number of rotatable bonds is 5. The van der Waals surface area contributed by atoms with Crippen LogP contribution in [0, 0.1) is 5.82 Å². The molecule has 1 amide bonds. The lowest BCUT2D eigenvalue weighted by Gasteiger charge is -2.05. The number of benzene rings is 2. The van der Waals surface area contributed by atoms with Crippen LogP contribution in [0.1, 0.15) is 15.9 Å². The molecule has 4 nitrogen and oxygen atoms in total. The third-order valence-electron chi connectivity index (χ3n) is 4.08. The summed E-state index contributed by atoms with van der Waals surface area (Å²) in [5, 5.41) is 3.78. The number of aromatic nitrogens is 2. The normalized spacial score (nSPS) is 11.0. The fourth-order valence-electron chi connectivity index (χ4n) is 2.70. The SMILES string of the molecule is O=C(NCCc1ccc(F)cc1)c1ccc2nc(-n3cccc3)sc2c1. The topological polar surface area (TPSA) is 46.9 Å². The second-order valence-corrected chi connectivity index (χ2v) is 6.91. The summed E-state index contributed by atoms with van der Waals surface area (Å²) in [6.07, 6.45) is 4.55. The minimum absolute atomic E-state index is 0.120. The van der Waals surface area contributed by atoms with Crippen LogP contribution in [0.15, 0.2) is 67.0 Å². The van der Waals surface area contributed by atoms with Gasteiger partial charge in [-0.05, 0) is 54.4 Å². The van der Waals surface area contributed by atoms with E-state index in [4.69, 9.17) is 0 Å². The predicted octanol–water partition coefficient (Wildman–Crippen LogP) is 4.20. The van der Waals surface area contributed by atoms with Crippen LogP contribution in [-0.2, 0) is 6.42 Å². The number of halogens is 1. The number of amides is 1. The molecule has 1 N–H and O–H groups in total. The molecule has 0 aliphatic rings. The van der Waals surface area contributed by atoms with E-state index < -0.39 is 0 Å². The van der Waals surface area contributed by atoms with E-state index in [1.165, 1.54) is 12.1 Å². The molecule has 130 valence electrons. The molecule has 6 heteroatoms. The summed E-state index contributed by atoms with van der Waals surface area (Å²) in [4.78, 5) is 17.0. The van der Waals surface area contributed by atoms with E-state index in [9.17, 15) is 9.18 Å². The van der Waals surface area contributed by atoms with E-state index in [1.54, 1.807) is 29.5 Å². The van der Waals surface area contributed by atoms with Gasteiger partial charge in [0.2, 0.25) is 0 Å². The van der Waals surface area contributed by atoms with Gasteiger partial charge in [0.15, 0.2) is 5.13 Å². The molecule has 0 unspecified atom stereocenters.